The molecule has 0 unspecified atom stereocenters. The Labute approximate surface area is 339 Å². The first-order valence-corrected chi connectivity index (χ1v) is 18.6. The summed E-state index contributed by atoms with van der Waals surface area (Å²) in [5.74, 6) is -9.94. The van der Waals surface area contributed by atoms with Crippen LogP contribution in [-0.2, 0) is 0 Å². The molecule has 60 heavy (non-hydrogen) atoms. The smallest absolute Gasteiger partial charge is 0.208 e. The quantitative estimate of drug-likeness (QED) is 0.0433. The van der Waals surface area contributed by atoms with E-state index in [0.717, 1.165) is 21.5 Å². The third-order valence-electron chi connectivity index (χ3n) is 11.3. The molecule has 0 bridgehead atoms. The van der Waals surface area contributed by atoms with Gasteiger partial charge in [0.15, 0.2) is 23.0 Å². The van der Waals surface area contributed by atoms with Gasteiger partial charge in [-0.05, 0) is 56.6 Å². The fraction of sp³-hybridized carbons (Fsp3) is 0. The Morgan fingerprint density at radius 1 is 0.233 bits per heavy atom. The summed E-state index contributed by atoms with van der Waals surface area (Å²) < 4.78 is 0. The molecule has 0 saturated heterocycles. The molecule has 0 aromatic heterocycles. The number of fused-ring (bicyclic) bond motifs is 2. The van der Waals surface area contributed by atoms with Gasteiger partial charge in [0.1, 0.15) is 11.4 Å². The Morgan fingerprint density at radius 2 is 0.533 bits per heavy atom. The highest BCUT2D eigenvalue weighted by Crippen LogP contribution is 2.61. The van der Waals surface area contributed by atoms with Crippen LogP contribution in [0.2, 0.25) is 0 Å². The van der Waals surface area contributed by atoms with E-state index in [4.69, 9.17) is 0 Å². The number of anilines is 6. The standard InChI is InChI=1S/C48H32N2O10/c51-39-37(40(52)44(56)47(59)43(39)55)49(31-13-5-9-23-7-1-3-11-27(23)31)33-21-17-25-16-20-30-34(22-18-26-15-19-29(33)35(25)36(26)30)50(32-14-6-10-24-8-2-4-12-28(24)32)38-41(53)45(57)48(60)46(58)42(38)54/h1-22,51-60H. The summed E-state index contributed by atoms with van der Waals surface area (Å²) in [4.78, 5) is 3.00. The van der Waals surface area contributed by atoms with Crippen LogP contribution in [0.25, 0.3) is 53.9 Å². The van der Waals surface area contributed by atoms with Crippen LogP contribution in [0.5, 0.6) is 57.5 Å². The highest BCUT2D eigenvalue weighted by molar-refractivity contribution is 6.29. The molecule has 0 aliphatic carbocycles. The Morgan fingerprint density at radius 3 is 0.917 bits per heavy atom. The first-order chi connectivity index (χ1) is 29.0. The molecule has 0 amide bonds. The van der Waals surface area contributed by atoms with Crippen LogP contribution >= 0.6 is 0 Å². The van der Waals surface area contributed by atoms with Gasteiger partial charge in [-0.3, -0.25) is 0 Å². The molecular formula is C48H32N2O10. The van der Waals surface area contributed by atoms with E-state index in [2.05, 4.69) is 0 Å². The third kappa shape index (κ3) is 4.91. The van der Waals surface area contributed by atoms with Crippen molar-refractivity contribution in [2.75, 3.05) is 9.80 Å². The van der Waals surface area contributed by atoms with E-state index >= 15 is 0 Å². The van der Waals surface area contributed by atoms with E-state index in [1.54, 1.807) is 36.4 Å². The van der Waals surface area contributed by atoms with Crippen molar-refractivity contribution in [3.8, 4) is 57.5 Å². The molecule has 10 rings (SSSR count). The van der Waals surface area contributed by atoms with E-state index in [1.807, 2.05) is 97.1 Å². The largest absolute Gasteiger partial charge is 0.503 e. The summed E-state index contributed by atoms with van der Waals surface area (Å²) in [6, 6.07) is 40.4. The minimum atomic E-state index is -1.10. The third-order valence-corrected chi connectivity index (χ3v) is 11.3. The highest BCUT2D eigenvalue weighted by Gasteiger charge is 2.33. The molecule has 0 saturated carbocycles. The lowest BCUT2D eigenvalue weighted by Gasteiger charge is -2.31. The summed E-state index contributed by atoms with van der Waals surface area (Å²) in [6.45, 7) is 0. The topological polar surface area (TPSA) is 209 Å². The molecule has 0 atom stereocenters. The summed E-state index contributed by atoms with van der Waals surface area (Å²) in [5, 5.41) is 117. The molecule has 294 valence electrons. The normalized spacial score (nSPS) is 11.7. The molecular weight excluding hydrogens is 765 g/mol. The van der Waals surface area contributed by atoms with E-state index in [9.17, 15) is 51.1 Å². The van der Waals surface area contributed by atoms with E-state index in [-0.39, 0.29) is 0 Å². The van der Waals surface area contributed by atoms with Gasteiger partial charge in [-0.25, -0.2) is 0 Å². The molecule has 10 aromatic carbocycles. The summed E-state index contributed by atoms with van der Waals surface area (Å²) in [5.41, 5.74) is 0.856. The fourth-order valence-electron chi connectivity index (χ4n) is 8.48. The molecule has 0 aliphatic heterocycles. The van der Waals surface area contributed by atoms with Crippen LogP contribution in [0, 0.1) is 0 Å². The van der Waals surface area contributed by atoms with Crippen LogP contribution in [0.1, 0.15) is 0 Å². The highest BCUT2D eigenvalue weighted by atomic mass is 16.4. The van der Waals surface area contributed by atoms with Crippen LogP contribution < -0.4 is 9.80 Å². The number of phenols is 10. The lowest BCUT2D eigenvalue weighted by atomic mass is 9.91. The Bertz CT molecular complexity index is 3130. The number of nitrogens with zero attached hydrogens (tertiary/aromatic N) is 2. The van der Waals surface area contributed by atoms with Gasteiger partial charge in [-0.15, -0.1) is 0 Å². The maximum atomic E-state index is 11.5. The second kappa shape index (κ2) is 12.9. The lowest BCUT2D eigenvalue weighted by molar-refractivity contribution is 0.329. The van der Waals surface area contributed by atoms with Crippen molar-refractivity contribution in [1.29, 1.82) is 0 Å². The van der Waals surface area contributed by atoms with Crippen molar-refractivity contribution in [3.05, 3.63) is 133 Å². The Hall–Kier alpha value is -8.64. The average Bonchev–Trinajstić information content (AvgIpc) is 3.28. The number of hydrogen-bond donors (Lipinski definition) is 10. The molecule has 10 aromatic rings. The molecule has 10 N–H and O–H groups in total. The summed E-state index contributed by atoms with van der Waals surface area (Å²) in [6.07, 6.45) is 0. The van der Waals surface area contributed by atoms with Gasteiger partial charge in [0, 0.05) is 21.5 Å². The van der Waals surface area contributed by atoms with Gasteiger partial charge in [-0.1, -0.05) is 109 Å². The molecule has 0 radical (unpaired) electrons. The molecule has 12 heteroatoms. The van der Waals surface area contributed by atoms with Crippen molar-refractivity contribution >= 4 is 88.0 Å². The van der Waals surface area contributed by atoms with E-state index in [0.29, 0.717) is 55.1 Å². The van der Waals surface area contributed by atoms with Crippen molar-refractivity contribution in [2.24, 2.45) is 0 Å². The van der Waals surface area contributed by atoms with Gasteiger partial charge in [-0.2, -0.15) is 0 Å². The zero-order valence-corrected chi connectivity index (χ0v) is 31.1. The predicted molar refractivity (Wildman–Crippen MR) is 231 cm³/mol. The zero-order chi connectivity index (χ0) is 41.7. The number of hydrogen-bond acceptors (Lipinski definition) is 12. The van der Waals surface area contributed by atoms with Crippen molar-refractivity contribution in [3.63, 3.8) is 0 Å². The number of phenolic OH excluding ortho intramolecular Hbond substituents is 10. The predicted octanol–water partition coefficient (Wildman–Crippen LogP) is 10.9. The minimum Gasteiger partial charge on any atom is -0.503 e. The van der Waals surface area contributed by atoms with Crippen molar-refractivity contribution in [2.45, 2.75) is 0 Å². The first kappa shape index (κ1) is 35.8. The SMILES string of the molecule is Oc1c(O)c(O)c(N(c2cccc3ccccc23)c2ccc3ccc4c(N(c5c(O)c(O)c(O)c(O)c5O)c5cccc6ccccc56)ccc5ccc2c3c54)c(O)c1O. The van der Waals surface area contributed by atoms with Crippen LogP contribution in [-0.4, -0.2) is 51.1 Å². The maximum Gasteiger partial charge on any atom is 0.208 e. The summed E-state index contributed by atoms with van der Waals surface area (Å²) in [7, 11) is 0. The van der Waals surface area contributed by atoms with Gasteiger partial charge >= 0.3 is 0 Å². The zero-order valence-electron chi connectivity index (χ0n) is 31.1. The molecule has 0 spiro atoms. The van der Waals surface area contributed by atoms with Crippen molar-refractivity contribution in [1.82, 2.24) is 0 Å². The number of rotatable bonds is 6. The summed E-state index contributed by atoms with van der Waals surface area (Å²) >= 11 is 0. The molecule has 0 aliphatic rings. The number of benzene rings is 10. The maximum absolute atomic E-state index is 11.5. The van der Waals surface area contributed by atoms with Gasteiger partial charge < -0.3 is 60.9 Å². The monoisotopic (exact) mass is 796 g/mol. The van der Waals surface area contributed by atoms with Crippen LogP contribution in [0.15, 0.2) is 133 Å². The first-order valence-electron chi connectivity index (χ1n) is 18.6. The van der Waals surface area contributed by atoms with Crippen molar-refractivity contribution < 1.29 is 51.1 Å². The van der Waals surface area contributed by atoms with E-state index < -0.39 is 68.9 Å². The molecule has 0 heterocycles. The average molecular weight is 797 g/mol. The molecule has 12 nitrogen and oxygen atoms in total. The van der Waals surface area contributed by atoms with Crippen LogP contribution in [0.4, 0.5) is 34.1 Å². The van der Waals surface area contributed by atoms with E-state index in [1.165, 1.54) is 9.80 Å². The molecule has 0 fully saturated rings. The van der Waals surface area contributed by atoms with Crippen LogP contribution in [0.3, 0.4) is 0 Å². The van der Waals surface area contributed by atoms with Gasteiger partial charge in [0.05, 0.1) is 22.7 Å². The van der Waals surface area contributed by atoms with Gasteiger partial charge in [0.2, 0.25) is 34.5 Å². The Balaban J connectivity index is 1.32. The Kier molecular flexibility index (Phi) is 7.71. The number of aromatic hydroxyl groups is 10. The second-order valence-electron chi connectivity index (χ2n) is 14.4. The second-order valence-corrected chi connectivity index (χ2v) is 14.4. The minimum absolute atomic E-state index is 0.392. The van der Waals surface area contributed by atoms with Gasteiger partial charge in [0.25, 0.3) is 0 Å². The lowest BCUT2D eigenvalue weighted by Crippen LogP contribution is -2.13. The fourth-order valence-corrected chi connectivity index (χ4v) is 8.48.